The zero-order valence-electron chi connectivity index (χ0n) is 17.3. The van der Waals surface area contributed by atoms with Gasteiger partial charge in [-0.25, -0.2) is 0 Å². The molecule has 0 spiro atoms. The lowest BCUT2D eigenvalue weighted by atomic mass is 9.95. The normalized spacial score (nSPS) is 11.6. The Morgan fingerprint density at radius 3 is 2.07 bits per heavy atom. The van der Waals surface area contributed by atoms with Gasteiger partial charge in [0, 0.05) is 10.5 Å². The van der Waals surface area contributed by atoms with Crippen LogP contribution in [0, 0.1) is 0 Å². The summed E-state index contributed by atoms with van der Waals surface area (Å²) < 4.78 is 22.6. The van der Waals surface area contributed by atoms with E-state index in [2.05, 4.69) is 16.9 Å². The summed E-state index contributed by atoms with van der Waals surface area (Å²) in [7, 11) is 6.43. The van der Waals surface area contributed by atoms with E-state index in [1.807, 2.05) is 18.2 Å². The van der Waals surface area contributed by atoms with E-state index in [-0.39, 0.29) is 6.04 Å². The highest BCUT2D eigenvalue weighted by molar-refractivity contribution is 6.03. The molecule has 0 saturated carbocycles. The summed E-state index contributed by atoms with van der Waals surface area (Å²) in [5, 5.41) is 5.55. The number of fused-ring (bicyclic) bond motifs is 1. The van der Waals surface area contributed by atoms with Gasteiger partial charge in [0.1, 0.15) is 23.0 Å². The third-order valence-electron chi connectivity index (χ3n) is 4.90. The van der Waals surface area contributed by atoms with Crippen LogP contribution in [0.25, 0.3) is 21.2 Å². The molecule has 0 aliphatic carbocycles. The Bertz CT molecular complexity index is 847. The zero-order chi connectivity index (χ0) is 20.5. The molecule has 2 aromatic rings. The summed E-state index contributed by atoms with van der Waals surface area (Å²) in [6.45, 7) is 2.17. The van der Waals surface area contributed by atoms with Crippen LogP contribution in [0.3, 0.4) is 0 Å². The predicted molar refractivity (Wildman–Crippen MR) is 111 cm³/mol. The number of unbranched alkanes of at least 4 members (excludes halogenated alkanes) is 3. The molecule has 28 heavy (non-hydrogen) atoms. The second kappa shape index (κ2) is 10.5. The van der Waals surface area contributed by atoms with Gasteiger partial charge in [0.25, 0.3) is 0 Å². The smallest absolute Gasteiger partial charge is 0.134 e. The SMILES string of the molecule is CCCCCCC(N=[N+]=[N-])c1cc(OC)c2c(OC)ccc(OC)c2c1OC. The van der Waals surface area contributed by atoms with Gasteiger partial charge in [-0.05, 0) is 30.2 Å². The highest BCUT2D eigenvalue weighted by Crippen LogP contribution is 2.48. The first kappa shape index (κ1) is 21.5. The van der Waals surface area contributed by atoms with Crippen molar-refractivity contribution >= 4 is 10.8 Å². The Balaban J connectivity index is 2.72. The average Bonchev–Trinajstić information content (AvgIpc) is 2.73. The molecule has 1 unspecified atom stereocenters. The van der Waals surface area contributed by atoms with Crippen LogP contribution in [0.15, 0.2) is 23.3 Å². The molecule has 7 nitrogen and oxygen atoms in total. The molecular formula is C21H29N3O4. The van der Waals surface area contributed by atoms with Crippen LogP contribution in [0.1, 0.15) is 50.6 Å². The van der Waals surface area contributed by atoms with Crippen molar-refractivity contribution in [2.75, 3.05) is 28.4 Å². The van der Waals surface area contributed by atoms with Gasteiger partial charge in [-0.2, -0.15) is 0 Å². The van der Waals surface area contributed by atoms with Crippen molar-refractivity contribution in [2.45, 2.75) is 45.1 Å². The molecule has 0 bridgehead atoms. The Morgan fingerprint density at radius 1 is 0.893 bits per heavy atom. The molecule has 0 aromatic heterocycles. The lowest BCUT2D eigenvalue weighted by Crippen LogP contribution is -2.03. The molecule has 0 aliphatic heterocycles. The van der Waals surface area contributed by atoms with Crippen LogP contribution in [0.5, 0.6) is 23.0 Å². The van der Waals surface area contributed by atoms with Crippen molar-refractivity contribution in [3.05, 3.63) is 34.2 Å². The molecule has 0 aliphatic rings. The van der Waals surface area contributed by atoms with Crippen molar-refractivity contribution in [3.8, 4) is 23.0 Å². The van der Waals surface area contributed by atoms with E-state index in [0.717, 1.165) is 48.4 Å². The quantitative estimate of drug-likeness (QED) is 0.199. The maximum atomic E-state index is 9.13. The van der Waals surface area contributed by atoms with E-state index in [9.17, 15) is 0 Å². The number of ether oxygens (including phenoxy) is 4. The van der Waals surface area contributed by atoms with Gasteiger partial charge in [0.05, 0.1) is 45.3 Å². The summed E-state index contributed by atoms with van der Waals surface area (Å²) >= 11 is 0. The molecule has 2 rings (SSSR count). The lowest BCUT2D eigenvalue weighted by molar-refractivity contribution is 0.386. The predicted octanol–water partition coefficient (Wildman–Crippen LogP) is 6.20. The van der Waals surface area contributed by atoms with Crippen LogP contribution in [0.4, 0.5) is 0 Å². The highest BCUT2D eigenvalue weighted by atomic mass is 16.5. The minimum atomic E-state index is -0.356. The number of rotatable bonds is 11. The fraction of sp³-hybridized carbons (Fsp3) is 0.524. The molecule has 7 heteroatoms. The van der Waals surface area contributed by atoms with Crippen molar-refractivity contribution in [1.29, 1.82) is 0 Å². The number of methoxy groups -OCH3 is 4. The first-order valence-electron chi connectivity index (χ1n) is 9.50. The summed E-state index contributed by atoms with van der Waals surface area (Å²) in [6.07, 6.45) is 5.11. The topological polar surface area (TPSA) is 85.7 Å². The summed E-state index contributed by atoms with van der Waals surface area (Å²) in [5.74, 6) is 2.52. The molecule has 0 N–H and O–H groups in total. The Morgan fingerprint density at radius 2 is 1.54 bits per heavy atom. The minimum Gasteiger partial charge on any atom is -0.496 e. The van der Waals surface area contributed by atoms with Crippen molar-refractivity contribution in [3.63, 3.8) is 0 Å². The first-order chi connectivity index (χ1) is 13.7. The number of benzene rings is 2. The molecule has 0 radical (unpaired) electrons. The number of azide groups is 1. The van der Waals surface area contributed by atoms with Crippen LogP contribution in [0.2, 0.25) is 0 Å². The summed E-state index contributed by atoms with van der Waals surface area (Å²) in [4.78, 5) is 3.07. The molecule has 0 fully saturated rings. The fourth-order valence-corrected chi connectivity index (χ4v) is 3.53. The second-order valence-electron chi connectivity index (χ2n) is 6.49. The molecule has 1 atom stereocenters. The average molecular weight is 387 g/mol. The first-order valence-corrected chi connectivity index (χ1v) is 9.50. The molecule has 0 heterocycles. The standard InChI is InChI=1S/C21H29N3O4/c1-6-7-8-9-10-15(23-24-22)14-13-18(27-4)19-16(25-2)11-12-17(26-3)20(19)21(14)28-5/h11-13,15H,6-10H2,1-5H3. The number of nitrogens with zero attached hydrogens (tertiary/aromatic N) is 3. The molecule has 152 valence electrons. The molecule has 2 aromatic carbocycles. The molecule has 0 amide bonds. The largest absolute Gasteiger partial charge is 0.496 e. The maximum absolute atomic E-state index is 9.13. The zero-order valence-corrected chi connectivity index (χ0v) is 17.3. The van der Waals surface area contributed by atoms with Gasteiger partial charge >= 0.3 is 0 Å². The Kier molecular flexibility index (Phi) is 8.08. The van der Waals surface area contributed by atoms with Gasteiger partial charge < -0.3 is 18.9 Å². The second-order valence-corrected chi connectivity index (χ2v) is 6.49. The minimum absolute atomic E-state index is 0.356. The van der Waals surface area contributed by atoms with E-state index in [4.69, 9.17) is 24.5 Å². The number of hydrogen-bond donors (Lipinski definition) is 0. The fourth-order valence-electron chi connectivity index (χ4n) is 3.53. The van der Waals surface area contributed by atoms with E-state index in [1.54, 1.807) is 28.4 Å². The number of hydrogen-bond acceptors (Lipinski definition) is 5. The van der Waals surface area contributed by atoms with E-state index < -0.39 is 0 Å². The van der Waals surface area contributed by atoms with Crippen molar-refractivity contribution in [1.82, 2.24) is 0 Å². The van der Waals surface area contributed by atoms with Crippen molar-refractivity contribution < 1.29 is 18.9 Å². The summed E-state index contributed by atoms with van der Waals surface area (Å²) in [6, 6.07) is 5.18. The van der Waals surface area contributed by atoms with Gasteiger partial charge in [-0.3, -0.25) is 0 Å². The lowest BCUT2D eigenvalue weighted by Gasteiger charge is -2.21. The third kappa shape index (κ3) is 4.37. The van der Waals surface area contributed by atoms with E-state index in [1.165, 1.54) is 0 Å². The monoisotopic (exact) mass is 387 g/mol. The van der Waals surface area contributed by atoms with Gasteiger partial charge in [0.15, 0.2) is 0 Å². The van der Waals surface area contributed by atoms with Gasteiger partial charge in [-0.15, -0.1) is 0 Å². The van der Waals surface area contributed by atoms with E-state index >= 15 is 0 Å². The Hall–Kier alpha value is -2.79. The van der Waals surface area contributed by atoms with Crippen molar-refractivity contribution in [2.24, 2.45) is 5.11 Å². The van der Waals surface area contributed by atoms with E-state index in [0.29, 0.717) is 23.0 Å². The van der Waals surface area contributed by atoms with Crippen LogP contribution < -0.4 is 18.9 Å². The van der Waals surface area contributed by atoms with Crippen LogP contribution in [-0.2, 0) is 0 Å². The third-order valence-corrected chi connectivity index (χ3v) is 4.90. The molecular weight excluding hydrogens is 358 g/mol. The van der Waals surface area contributed by atoms with Gasteiger partial charge in [-0.1, -0.05) is 37.7 Å². The summed E-state index contributed by atoms with van der Waals surface area (Å²) in [5.41, 5.74) is 9.91. The maximum Gasteiger partial charge on any atom is 0.134 e. The van der Waals surface area contributed by atoms with Crippen LogP contribution >= 0.6 is 0 Å². The van der Waals surface area contributed by atoms with Crippen LogP contribution in [-0.4, -0.2) is 28.4 Å². The Labute approximate surface area is 166 Å². The van der Waals surface area contributed by atoms with Gasteiger partial charge in [0.2, 0.25) is 0 Å². The highest BCUT2D eigenvalue weighted by Gasteiger charge is 2.24. The molecule has 0 saturated heterocycles.